The molecule has 1 aromatic heterocycles. The molecule has 1 heterocycles. The highest BCUT2D eigenvalue weighted by Crippen LogP contribution is 2.29. The van der Waals surface area contributed by atoms with Gasteiger partial charge in [-0.2, -0.15) is 5.26 Å². The van der Waals surface area contributed by atoms with Crippen molar-refractivity contribution in [2.45, 2.75) is 19.4 Å². The summed E-state index contributed by atoms with van der Waals surface area (Å²) in [6.45, 7) is 2.51. The third kappa shape index (κ3) is 5.26. The topological polar surface area (TPSA) is 65.4 Å². The van der Waals surface area contributed by atoms with Crippen molar-refractivity contribution in [1.29, 1.82) is 5.26 Å². The van der Waals surface area contributed by atoms with E-state index in [0.717, 1.165) is 10.4 Å². The van der Waals surface area contributed by atoms with E-state index in [9.17, 15) is 4.79 Å². The molecule has 154 valence electrons. The van der Waals surface area contributed by atoms with Gasteiger partial charge in [0.15, 0.2) is 0 Å². The van der Waals surface area contributed by atoms with E-state index in [1.165, 1.54) is 5.56 Å². The summed E-state index contributed by atoms with van der Waals surface area (Å²) in [5, 5.41) is 14.5. The molecule has 0 saturated carbocycles. The number of methoxy groups -OCH3 is 1. The minimum absolute atomic E-state index is 0.0787. The lowest BCUT2D eigenvalue weighted by molar-refractivity contribution is -0.117. The van der Waals surface area contributed by atoms with Gasteiger partial charge in [0.1, 0.15) is 5.75 Å². The lowest BCUT2D eigenvalue weighted by Gasteiger charge is -2.25. The van der Waals surface area contributed by atoms with Crippen LogP contribution in [0.1, 0.15) is 28.5 Å². The number of nitriles is 1. The number of hydrogen-bond donors (Lipinski definition) is 1. The molecule has 1 amide bonds. The van der Waals surface area contributed by atoms with E-state index in [2.05, 4.69) is 48.6 Å². The van der Waals surface area contributed by atoms with Crippen LogP contribution in [0.3, 0.4) is 0 Å². The van der Waals surface area contributed by atoms with Crippen molar-refractivity contribution in [3.05, 3.63) is 82.0 Å². The average molecular weight is 420 g/mol. The Balaban J connectivity index is 1.81. The van der Waals surface area contributed by atoms with E-state index in [1.54, 1.807) is 23.3 Å². The predicted molar refractivity (Wildman–Crippen MR) is 121 cm³/mol. The molecule has 30 heavy (non-hydrogen) atoms. The third-order valence-corrected chi connectivity index (χ3v) is 5.76. The number of rotatable bonds is 9. The molecule has 0 fully saturated rings. The van der Waals surface area contributed by atoms with Gasteiger partial charge in [-0.25, -0.2) is 0 Å². The van der Waals surface area contributed by atoms with Crippen LogP contribution in [0.5, 0.6) is 5.75 Å². The van der Waals surface area contributed by atoms with Crippen LogP contribution in [0.25, 0.3) is 0 Å². The number of anilines is 1. The number of nitrogens with one attached hydrogen (secondary N) is 1. The number of carbonyl (C=O) groups is 1. The number of para-hydroxylation sites is 2. The number of nitrogens with zero attached hydrogens (tertiary/aromatic N) is 2. The van der Waals surface area contributed by atoms with Gasteiger partial charge in [-0.15, -0.1) is 11.3 Å². The average Bonchev–Trinajstić information content (AvgIpc) is 3.30. The maximum atomic E-state index is 13.2. The van der Waals surface area contributed by atoms with E-state index in [4.69, 9.17) is 10.00 Å². The zero-order valence-corrected chi connectivity index (χ0v) is 18.0. The smallest absolute Gasteiger partial charge is 0.241 e. The Morgan fingerprint density at radius 3 is 2.60 bits per heavy atom. The maximum absolute atomic E-state index is 13.2. The third-order valence-electron chi connectivity index (χ3n) is 4.82. The number of thiophene rings is 1. The Labute approximate surface area is 181 Å². The van der Waals surface area contributed by atoms with Crippen molar-refractivity contribution in [2.75, 3.05) is 25.1 Å². The maximum Gasteiger partial charge on any atom is 0.241 e. The molecule has 0 aliphatic carbocycles. The molecule has 0 radical (unpaired) electrons. The fourth-order valence-corrected chi connectivity index (χ4v) is 4.10. The molecule has 0 aliphatic rings. The van der Waals surface area contributed by atoms with Crippen LogP contribution in [0, 0.1) is 18.3 Å². The first-order valence-corrected chi connectivity index (χ1v) is 10.7. The molecular weight excluding hydrogens is 394 g/mol. The van der Waals surface area contributed by atoms with E-state index >= 15 is 0 Å². The first kappa shape index (κ1) is 21.6. The number of benzene rings is 2. The van der Waals surface area contributed by atoms with Crippen LogP contribution in [0.4, 0.5) is 5.69 Å². The molecule has 0 spiro atoms. The fourth-order valence-electron chi connectivity index (χ4n) is 3.28. The SMILES string of the molecule is COc1ccccc1N(CCC#N)C(=O)CN[C@H](c1ccc(C)cc1)c1cccs1. The Hall–Kier alpha value is -3.14. The van der Waals surface area contributed by atoms with Gasteiger partial charge in [0.05, 0.1) is 37.9 Å². The van der Waals surface area contributed by atoms with E-state index in [1.807, 2.05) is 35.7 Å². The normalized spacial score (nSPS) is 11.5. The summed E-state index contributed by atoms with van der Waals surface area (Å²) in [6.07, 6.45) is 0.246. The van der Waals surface area contributed by atoms with Crippen LogP contribution >= 0.6 is 11.3 Å². The number of hydrogen-bond acceptors (Lipinski definition) is 5. The monoisotopic (exact) mass is 419 g/mol. The molecule has 5 nitrogen and oxygen atoms in total. The first-order valence-electron chi connectivity index (χ1n) is 9.77. The van der Waals surface area contributed by atoms with Gasteiger partial charge in [-0.3, -0.25) is 10.1 Å². The quantitative estimate of drug-likeness (QED) is 0.546. The second-order valence-electron chi connectivity index (χ2n) is 6.87. The summed E-state index contributed by atoms with van der Waals surface area (Å²) in [7, 11) is 1.58. The zero-order chi connectivity index (χ0) is 21.3. The van der Waals surface area contributed by atoms with Crippen molar-refractivity contribution in [3.63, 3.8) is 0 Å². The second-order valence-corrected chi connectivity index (χ2v) is 7.84. The molecule has 0 saturated heterocycles. The highest BCUT2D eigenvalue weighted by molar-refractivity contribution is 7.10. The van der Waals surface area contributed by atoms with E-state index in [-0.39, 0.29) is 24.9 Å². The van der Waals surface area contributed by atoms with Gasteiger partial charge >= 0.3 is 0 Å². The van der Waals surface area contributed by atoms with Crippen molar-refractivity contribution in [2.24, 2.45) is 0 Å². The largest absolute Gasteiger partial charge is 0.495 e. The van der Waals surface area contributed by atoms with Crippen LogP contribution in [0.2, 0.25) is 0 Å². The van der Waals surface area contributed by atoms with E-state index < -0.39 is 0 Å². The molecule has 2 aromatic carbocycles. The molecule has 1 atom stereocenters. The van der Waals surface area contributed by atoms with Crippen LogP contribution < -0.4 is 15.0 Å². The molecular formula is C24H25N3O2S. The van der Waals surface area contributed by atoms with Crippen LogP contribution in [-0.2, 0) is 4.79 Å². The lowest BCUT2D eigenvalue weighted by atomic mass is 10.0. The Morgan fingerprint density at radius 1 is 1.17 bits per heavy atom. The fraction of sp³-hybridized carbons (Fsp3) is 0.250. The van der Waals surface area contributed by atoms with Crippen LogP contribution in [-0.4, -0.2) is 26.1 Å². The molecule has 6 heteroatoms. The second kappa shape index (κ2) is 10.6. The first-order chi connectivity index (χ1) is 14.6. The van der Waals surface area contributed by atoms with Gasteiger partial charge < -0.3 is 9.64 Å². The van der Waals surface area contributed by atoms with Crippen molar-refractivity contribution in [1.82, 2.24) is 5.32 Å². The summed E-state index contributed by atoms with van der Waals surface area (Å²) in [5.41, 5.74) is 2.97. The zero-order valence-electron chi connectivity index (χ0n) is 17.2. The molecule has 0 unspecified atom stereocenters. The Kier molecular flexibility index (Phi) is 7.61. The minimum atomic E-state index is -0.108. The van der Waals surface area contributed by atoms with Gasteiger partial charge in [-0.1, -0.05) is 48.0 Å². The van der Waals surface area contributed by atoms with Crippen molar-refractivity contribution in [3.8, 4) is 11.8 Å². The van der Waals surface area contributed by atoms with Crippen molar-refractivity contribution >= 4 is 22.9 Å². The standard InChI is InChI=1S/C24H25N3O2S/c1-18-10-12-19(13-11-18)24(22-9-5-16-30-22)26-17-23(28)27(15-6-14-25)20-7-3-4-8-21(20)29-2/h3-5,7-13,16,24,26H,6,15,17H2,1-2H3/t24-/m1/s1. The van der Waals surface area contributed by atoms with Gasteiger partial charge in [0.2, 0.25) is 5.91 Å². The summed E-state index contributed by atoms with van der Waals surface area (Å²) in [4.78, 5) is 15.9. The molecule has 0 bridgehead atoms. The summed E-state index contributed by atoms with van der Waals surface area (Å²) in [6, 6.07) is 21.8. The van der Waals surface area contributed by atoms with Crippen molar-refractivity contribution < 1.29 is 9.53 Å². The summed E-state index contributed by atoms with van der Waals surface area (Å²) >= 11 is 1.66. The summed E-state index contributed by atoms with van der Waals surface area (Å²) < 4.78 is 5.43. The lowest BCUT2D eigenvalue weighted by Crippen LogP contribution is -2.40. The molecule has 3 rings (SSSR count). The summed E-state index contributed by atoms with van der Waals surface area (Å²) in [5.74, 6) is 0.501. The number of carbonyl (C=O) groups excluding carboxylic acids is 1. The van der Waals surface area contributed by atoms with Gasteiger partial charge in [-0.05, 0) is 36.1 Å². The highest BCUT2D eigenvalue weighted by atomic mass is 32.1. The highest BCUT2D eigenvalue weighted by Gasteiger charge is 2.22. The number of ether oxygens (including phenoxy) is 1. The predicted octanol–water partition coefficient (Wildman–Crippen LogP) is 4.69. The molecule has 3 aromatic rings. The van der Waals surface area contributed by atoms with E-state index in [0.29, 0.717) is 18.0 Å². The molecule has 1 N–H and O–H groups in total. The van der Waals surface area contributed by atoms with Gasteiger partial charge in [0, 0.05) is 11.4 Å². The molecule has 0 aliphatic heterocycles. The number of amides is 1. The minimum Gasteiger partial charge on any atom is -0.495 e. The van der Waals surface area contributed by atoms with Crippen LogP contribution in [0.15, 0.2) is 66.0 Å². The van der Waals surface area contributed by atoms with Gasteiger partial charge in [0.25, 0.3) is 0 Å². The number of aryl methyl sites for hydroxylation is 1. The Morgan fingerprint density at radius 2 is 1.93 bits per heavy atom. The Bertz CT molecular complexity index is 994.